The molecule has 0 aromatic heterocycles. The molecule has 1 aromatic carbocycles. The van der Waals surface area contributed by atoms with Gasteiger partial charge < -0.3 is 15.4 Å². The number of rotatable bonds is 4. The summed E-state index contributed by atoms with van der Waals surface area (Å²) in [5, 5.41) is 0. The molecule has 1 rings (SSSR count). The lowest BCUT2D eigenvalue weighted by Crippen LogP contribution is -2.35. The fourth-order valence-electron chi connectivity index (χ4n) is 1.28. The van der Waals surface area contributed by atoms with Crippen molar-refractivity contribution in [1.82, 2.24) is 4.90 Å². The van der Waals surface area contributed by atoms with E-state index in [1.165, 1.54) is 4.90 Å². The highest BCUT2D eigenvalue weighted by molar-refractivity contribution is 5.70. The largest absolute Gasteiger partial charge is 0.414 e. The lowest BCUT2D eigenvalue weighted by atomic mass is 10.2. The second-order valence-corrected chi connectivity index (χ2v) is 3.90. The number of benzene rings is 1. The molecule has 88 valence electrons. The van der Waals surface area contributed by atoms with E-state index in [1.807, 2.05) is 25.1 Å². The topological polar surface area (TPSA) is 55.6 Å². The van der Waals surface area contributed by atoms with Crippen LogP contribution < -0.4 is 10.5 Å². The lowest BCUT2D eigenvalue weighted by molar-refractivity contribution is 0.157. The van der Waals surface area contributed by atoms with Gasteiger partial charge in [-0.05, 0) is 24.6 Å². The summed E-state index contributed by atoms with van der Waals surface area (Å²) in [6.07, 6.45) is -0.355. The predicted molar refractivity (Wildman–Crippen MR) is 63.3 cm³/mol. The lowest BCUT2D eigenvalue weighted by Gasteiger charge is -2.19. The zero-order chi connectivity index (χ0) is 12.0. The van der Waals surface area contributed by atoms with Gasteiger partial charge in [0.25, 0.3) is 0 Å². The molecule has 4 nitrogen and oxygen atoms in total. The third kappa shape index (κ3) is 3.90. The molecule has 4 heteroatoms. The number of carbonyl (C=O) groups excluding carboxylic acids is 1. The maximum Gasteiger partial charge on any atom is 0.414 e. The number of hydrogen-bond acceptors (Lipinski definition) is 3. The van der Waals surface area contributed by atoms with Crippen LogP contribution in [-0.4, -0.2) is 31.1 Å². The molecule has 0 spiro atoms. The van der Waals surface area contributed by atoms with Crippen LogP contribution in [0.15, 0.2) is 30.3 Å². The summed E-state index contributed by atoms with van der Waals surface area (Å²) < 4.78 is 5.17. The van der Waals surface area contributed by atoms with Crippen LogP contribution in [0.5, 0.6) is 5.75 Å². The van der Waals surface area contributed by atoms with Gasteiger partial charge in [0.05, 0.1) is 0 Å². The quantitative estimate of drug-likeness (QED) is 0.843. The van der Waals surface area contributed by atoms with Crippen molar-refractivity contribution in [3.8, 4) is 5.75 Å². The molecule has 1 amide bonds. The predicted octanol–water partition coefficient (Wildman–Crippen LogP) is 1.71. The maximum atomic E-state index is 11.6. The van der Waals surface area contributed by atoms with Crippen LogP contribution in [0.3, 0.4) is 0 Å². The van der Waals surface area contributed by atoms with Crippen molar-refractivity contribution >= 4 is 6.09 Å². The van der Waals surface area contributed by atoms with E-state index in [4.69, 9.17) is 10.5 Å². The van der Waals surface area contributed by atoms with E-state index in [2.05, 4.69) is 0 Å². The van der Waals surface area contributed by atoms with E-state index in [-0.39, 0.29) is 12.0 Å². The fraction of sp³-hybridized carbons (Fsp3) is 0.417. The molecular formula is C12H18N2O2. The number of hydrogen-bond donors (Lipinski definition) is 1. The van der Waals surface area contributed by atoms with Crippen molar-refractivity contribution in [1.29, 1.82) is 0 Å². The number of nitrogens with two attached hydrogens (primary N) is 1. The van der Waals surface area contributed by atoms with Gasteiger partial charge in [-0.15, -0.1) is 0 Å². The van der Waals surface area contributed by atoms with Gasteiger partial charge in [-0.25, -0.2) is 4.79 Å². The van der Waals surface area contributed by atoms with Gasteiger partial charge in [-0.1, -0.05) is 25.1 Å². The van der Waals surface area contributed by atoms with Crippen molar-refractivity contribution in [2.75, 3.05) is 20.1 Å². The van der Waals surface area contributed by atoms with Gasteiger partial charge in [-0.3, -0.25) is 0 Å². The zero-order valence-corrected chi connectivity index (χ0v) is 9.72. The number of ether oxygens (including phenoxy) is 1. The summed E-state index contributed by atoms with van der Waals surface area (Å²) in [4.78, 5) is 13.2. The van der Waals surface area contributed by atoms with Crippen LogP contribution >= 0.6 is 0 Å². The molecule has 0 radical (unpaired) electrons. The van der Waals surface area contributed by atoms with Gasteiger partial charge in [0.1, 0.15) is 5.75 Å². The molecule has 0 fully saturated rings. The van der Waals surface area contributed by atoms with E-state index in [1.54, 1.807) is 19.2 Å². The maximum absolute atomic E-state index is 11.6. The number of nitrogens with zero attached hydrogens (tertiary/aromatic N) is 1. The Morgan fingerprint density at radius 3 is 2.62 bits per heavy atom. The van der Waals surface area contributed by atoms with E-state index < -0.39 is 0 Å². The summed E-state index contributed by atoms with van der Waals surface area (Å²) in [5.74, 6) is 0.827. The molecule has 0 saturated heterocycles. The molecule has 1 unspecified atom stereocenters. The minimum atomic E-state index is -0.355. The number of carbonyl (C=O) groups is 1. The third-order valence-corrected chi connectivity index (χ3v) is 2.25. The van der Waals surface area contributed by atoms with Crippen LogP contribution in [0.4, 0.5) is 4.79 Å². The molecular weight excluding hydrogens is 204 g/mol. The third-order valence-electron chi connectivity index (χ3n) is 2.25. The monoisotopic (exact) mass is 222 g/mol. The highest BCUT2D eigenvalue weighted by Crippen LogP contribution is 2.10. The number of para-hydroxylation sites is 1. The second kappa shape index (κ2) is 6.12. The van der Waals surface area contributed by atoms with Gasteiger partial charge >= 0.3 is 6.09 Å². The molecule has 2 N–H and O–H groups in total. The zero-order valence-electron chi connectivity index (χ0n) is 9.72. The van der Waals surface area contributed by atoms with E-state index in [0.29, 0.717) is 18.8 Å². The van der Waals surface area contributed by atoms with Crippen molar-refractivity contribution < 1.29 is 9.53 Å². The standard InChI is InChI=1S/C12H18N2O2/c1-10(8-13)9-14(2)12(15)16-11-6-4-3-5-7-11/h3-7,10H,8-9,13H2,1-2H3. The molecule has 0 saturated carbocycles. The molecule has 0 heterocycles. The summed E-state index contributed by atoms with van der Waals surface area (Å²) in [6.45, 7) is 3.15. The van der Waals surface area contributed by atoms with Crippen molar-refractivity contribution in [3.05, 3.63) is 30.3 Å². The van der Waals surface area contributed by atoms with Gasteiger partial charge in [-0.2, -0.15) is 0 Å². The first-order valence-corrected chi connectivity index (χ1v) is 5.31. The first kappa shape index (κ1) is 12.5. The minimum Gasteiger partial charge on any atom is -0.410 e. The van der Waals surface area contributed by atoms with Crippen molar-refractivity contribution in [2.45, 2.75) is 6.92 Å². The Hall–Kier alpha value is -1.55. The van der Waals surface area contributed by atoms with Gasteiger partial charge in [0.2, 0.25) is 0 Å². The van der Waals surface area contributed by atoms with Gasteiger partial charge in [0.15, 0.2) is 0 Å². The Bertz CT molecular complexity index is 327. The molecule has 0 aliphatic rings. The van der Waals surface area contributed by atoms with Crippen LogP contribution in [0.2, 0.25) is 0 Å². The van der Waals surface area contributed by atoms with E-state index in [9.17, 15) is 4.79 Å². The molecule has 1 aromatic rings. The summed E-state index contributed by atoms with van der Waals surface area (Å²) in [7, 11) is 1.71. The highest BCUT2D eigenvalue weighted by Gasteiger charge is 2.13. The molecule has 0 bridgehead atoms. The highest BCUT2D eigenvalue weighted by atomic mass is 16.6. The average Bonchev–Trinajstić information content (AvgIpc) is 2.30. The normalized spacial score (nSPS) is 11.9. The van der Waals surface area contributed by atoms with Crippen LogP contribution in [0.1, 0.15) is 6.92 Å². The Balaban J connectivity index is 2.46. The Morgan fingerprint density at radius 1 is 1.44 bits per heavy atom. The summed E-state index contributed by atoms with van der Waals surface area (Å²) in [6, 6.07) is 9.02. The minimum absolute atomic E-state index is 0.272. The Morgan fingerprint density at radius 2 is 2.06 bits per heavy atom. The smallest absolute Gasteiger partial charge is 0.410 e. The SMILES string of the molecule is CC(CN)CN(C)C(=O)Oc1ccccc1. The van der Waals surface area contributed by atoms with Crippen LogP contribution in [-0.2, 0) is 0 Å². The first-order chi connectivity index (χ1) is 7.63. The van der Waals surface area contributed by atoms with E-state index in [0.717, 1.165) is 0 Å². The molecule has 0 aliphatic heterocycles. The average molecular weight is 222 g/mol. The van der Waals surface area contributed by atoms with Gasteiger partial charge in [0, 0.05) is 13.6 Å². The second-order valence-electron chi connectivity index (χ2n) is 3.90. The van der Waals surface area contributed by atoms with Crippen LogP contribution in [0.25, 0.3) is 0 Å². The first-order valence-electron chi connectivity index (χ1n) is 5.31. The Labute approximate surface area is 96.0 Å². The van der Waals surface area contributed by atoms with E-state index >= 15 is 0 Å². The molecule has 1 atom stereocenters. The molecule has 0 aliphatic carbocycles. The van der Waals surface area contributed by atoms with Crippen molar-refractivity contribution in [2.24, 2.45) is 11.7 Å². The van der Waals surface area contributed by atoms with Crippen LogP contribution in [0, 0.1) is 5.92 Å². The number of amides is 1. The molecule has 16 heavy (non-hydrogen) atoms. The fourth-order valence-corrected chi connectivity index (χ4v) is 1.28. The summed E-state index contributed by atoms with van der Waals surface area (Å²) >= 11 is 0. The Kier molecular flexibility index (Phi) is 4.79. The van der Waals surface area contributed by atoms with Crippen molar-refractivity contribution in [3.63, 3.8) is 0 Å². The summed E-state index contributed by atoms with van der Waals surface area (Å²) in [5.41, 5.74) is 5.49.